The van der Waals surface area contributed by atoms with Crippen LogP contribution in [0, 0.1) is 0 Å². The molecule has 0 fully saturated rings. The molecule has 3 aromatic rings. The van der Waals surface area contributed by atoms with Crippen molar-refractivity contribution in [2.75, 3.05) is 0 Å². The van der Waals surface area contributed by atoms with Crippen molar-refractivity contribution in [2.24, 2.45) is 0 Å². The van der Waals surface area contributed by atoms with E-state index in [1.807, 2.05) is 42.5 Å². The van der Waals surface area contributed by atoms with Crippen LogP contribution in [0.1, 0.15) is 22.6 Å². The third kappa shape index (κ3) is 2.74. The molecular weight excluding hydrogens is 276 g/mol. The number of hydrogen-bond acceptors (Lipinski definition) is 3. The molecule has 0 aliphatic heterocycles. The third-order valence-corrected chi connectivity index (χ3v) is 3.68. The minimum absolute atomic E-state index is 0.0266. The topological polar surface area (TPSA) is 60.7 Å². The molecule has 0 aromatic heterocycles. The molecule has 3 nitrogen and oxygen atoms in total. The Kier molecular flexibility index (Phi) is 3.71. The van der Waals surface area contributed by atoms with E-state index in [4.69, 9.17) is 0 Å². The van der Waals surface area contributed by atoms with Crippen LogP contribution in [0.25, 0.3) is 0 Å². The molecule has 0 saturated heterocycles. The average molecular weight is 292 g/mol. The fraction of sp³-hybridized carbons (Fsp3) is 0.0526. The zero-order chi connectivity index (χ0) is 15.5. The number of hydrogen-bond donors (Lipinski definition) is 3. The van der Waals surface area contributed by atoms with Crippen molar-refractivity contribution in [3.8, 4) is 17.2 Å². The molecule has 3 N–H and O–H groups in total. The summed E-state index contributed by atoms with van der Waals surface area (Å²) in [4.78, 5) is 0. The van der Waals surface area contributed by atoms with Gasteiger partial charge in [-0.3, -0.25) is 0 Å². The normalized spacial score (nSPS) is 12.0. The molecule has 0 saturated carbocycles. The molecule has 3 heteroatoms. The van der Waals surface area contributed by atoms with E-state index >= 15 is 0 Å². The Bertz CT molecular complexity index is 764. The lowest BCUT2D eigenvalue weighted by molar-refractivity contribution is 0.445. The van der Waals surface area contributed by atoms with Crippen molar-refractivity contribution in [1.82, 2.24) is 0 Å². The van der Waals surface area contributed by atoms with Gasteiger partial charge in [0.1, 0.15) is 17.2 Å². The van der Waals surface area contributed by atoms with E-state index in [9.17, 15) is 15.3 Å². The summed E-state index contributed by atoms with van der Waals surface area (Å²) in [6.45, 7) is 0. The van der Waals surface area contributed by atoms with Crippen LogP contribution < -0.4 is 0 Å². The lowest BCUT2D eigenvalue weighted by Gasteiger charge is -2.20. The van der Waals surface area contributed by atoms with Gasteiger partial charge in [-0.15, -0.1) is 0 Å². The van der Waals surface area contributed by atoms with Crippen LogP contribution >= 0.6 is 0 Å². The van der Waals surface area contributed by atoms with Gasteiger partial charge >= 0.3 is 0 Å². The van der Waals surface area contributed by atoms with E-state index in [2.05, 4.69) is 0 Å². The Labute approximate surface area is 128 Å². The van der Waals surface area contributed by atoms with Crippen molar-refractivity contribution in [1.29, 1.82) is 0 Å². The summed E-state index contributed by atoms with van der Waals surface area (Å²) in [5.74, 6) is 0.0913. The summed E-state index contributed by atoms with van der Waals surface area (Å²) in [5.41, 5.74) is 2.67. The first-order valence-electron chi connectivity index (χ1n) is 7.01. The predicted octanol–water partition coefficient (Wildman–Crippen LogP) is 3.98. The molecule has 1 atom stereocenters. The quantitative estimate of drug-likeness (QED) is 0.640. The maximum absolute atomic E-state index is 10.2. The number of rotatable bonds is 3. The molecular formula is C19H16O3. The highest BCUT2D eigenvalue weighted by atomic mass is 16.3. The van der Waals surface area contributed by atoms with Crippen LogP contribution in [0.2, 0.25) is 0 Å². The van der Waals surface area contributed by atoms with Gasteiger partial charge in [-0.05, 0) is 29.3 Å². The third-order valence-electron chi connectivity index (χ3n) is 3.68. The maximum atomic E-state index is 10.2. The maximum Gasteiger partial charge on any atom is 0.123 e. The van der Waals surface area contributed by atoms with Crippen LogP contribution in [-0.2, 0) is 0 Å². The Hall–Kier alpha value is -2.94. The second kappa shape index (κ2) is 5.82. The van der Waals surface area contributed by atoms with Crippen LogP contribution in [0.3, 0.4) is 0 Å². The van der Waals surface area contributed by atoms with Crippen molar-refractivity contribution in [3.05, 3.63) is 89.5 Å². The van der Waals surface area contributed by atoms with Crippen molar-refractivity contribution < 1.29 is 15.3 Å². The zero-order valence-electron chi connectivity index (χ0n) is 11.8. The lowest BCUT2D eigenvalue weighted by atomic mass is 9.84. The summed E-state index contributed by atoms with van der Waals surface area (Å²) in [5, 5.41) is 29.2. The summed E-state index contributed by atoms with van der Waals surface area (Å²) in [7, 11) is 0. The van der Waals surface area contributed by atoms with Crippen molar-refractivity contribution in [2.45, 2.75) is 5.92 Å². The van der Waals surface area contributed by atoms with E-state index < -0.39 is 0 Å². The molecule has 0 heterocycles. The van der Waals surface area contributed by atoms with Gasteiger partial charge < -0.3 is 15.3 Å². The largest absolute Gasteiger partial charge is 0.508 e. The van der Waals surface area contributed by atoms with Crippen molar-refractivity contribution in [3.63, 3.8) is 0 Å². The van der Waals surface area contributed by atoms with Gasteiger partial charge in [0.05, 0.1) is 0 Å². The summed E-state index contributed by atoms with van der Waals surface area (Å²) < 4.78 is 0. The zero-order valence-corrected chi connectivity index (χ0v) is 11.8. The SMILES string of the molecule is Oc1ccc(C(c2ccccc2)c2ccc(O)cc2O)cc1. The standard InChI is InChI=1S/C19H16O3/c20-15-8-6-14(7-9-15)19(13-4-2-1-3-5-13)17-11-10-16(21)12-18(17)22/h1-12,19-22H. The summed E-state index contributed by atoms with van der Waals surface area (Å²) in [6.07, 6.45) is 0. The number of phenolic OH excluding ortho intramolecular Hbond substituents is 3. The fourth-order valence-corrected chi connectivity index (χ4v) is 2.64. The van der Waals surface area contributed by atoms with Gasteiger partial charge in [-0.2, -0.15) is 0 Å². The highest BCUT2D eigenvalue weighted by molar-refractivity contribution is 5.51. The first-order valence-corrected chi connectivity index (χ1v) is 7.01. The second-order valence-corrected chi connectivity index (χ2v) is 5.18. The van der Waals surface area contributed by atoms with E-state index in [0.717, 1.165) is 11.1 Å². The van der Waals surface area contributed by atoms with Gasteiger partial charge in [0, 0.05) is 17.5 Å². The van der Waals surface area contributed by atoms with Crippen LogP contribution in [-0.4, -0.2) is 15.3 Å². The van der Waals surface area contributed by atoms with E-state index in [0.29, 0.717) is 5.56 Å². The molecule has 0 aliphatic carbocycles. The highest BCUT2D eigenvalue weighted by Crippen LogP contribution is 2.38. The molecule has 3 rings (SSSR count). The van der Waals surface area contributed by atoms with E-state index in [1.54, 1.807) is 24.3 Å². The number of aromatic hydroxyl groups is 3. The monoisotopic (exact) mass is 292 g/mol. The molecule has 0 radical (unpaired) electrons. The van der Waals surface area contributed by atoms with Gasteiger partial charge in [0.2, 0.25) is 0 Å². The second-order valence-electron chi connectivity index (χ2n) is 5.18. The van der Waals surface area contributed by atoms with E-state index in [-0.39, 0.29) is 23.2 Å². The Morgan fingerprint density at radius 3 is 1.82 bits per heavy atom. The number of benzene rings is 3. The minimum Gasteiger partial charge on any atom is -0.508 e. The fourth-order valence-electron chi connectivity index (χ4n) is 2.64. The molecule has 0 spiro atoms. The first kappa shape index (κ1) is 14.0. The molecule has 1 unspecified atom stereocenters. The highest BCUT2D eigenvalue weighted by Gasteiger charge is 2.20. The van der Waals surface area contributed by atoms with Gasteiger partial charge in [-0.25, -0.2) is 0 Å². The molecule has 3 aromatic carbocycles. The number of phenols is 3. The summed E-state index contributed by atoms with van der Waals surface area (Å²) in [6, 6.07) is 21.3. The predicted molar refractivity (Wildman–Crippen MR) is 85.3 cm³/mol. The van der Waals surface area contributed by atoms with Crippen LogP contribution in [0.5, 0.6) is 17.2 Å². The Morgan fingerprint density at radius 1 is 0.591 bits per heavy atom. The Morgan fingerprint density at radius 2 is 1.18 bits per heavy atom. The summed E-state index contributed by atoms with van der Waals surface area (Å²) >= 11 is 0. The lowest BCUT2D eigenvalue weighted by Crippen LogP contribution is -2.03. The Balaban J connectivity index is 2.17. The molecule has 0 aliphatic rings. The first-order chi connectivity index (χ1) is 10.6. The van der Waals surface area contributed by atoms with Gasteiger partial charge in [-0.1, -0.05) is 48.5 Å². The van der Waals surface area contributed by atoms with Crippen molar-refractivity contribution >= 4 is 0 Å². The minimum atomic E-state index is -0.178. The molecule has 22 heavy (non-hydrogen) atoms. The molecule has 0 amide bonds. The smallest absolute Gasteiger partial charge is 0.123 e. The average Bonchev–Trinajstić information content (AvgIpc) is 2.52. The van der Waals surface area contributed by atoms with Crippen LogP contribution in [0.4, 0.5) is 0 Å². The van der Waals surface area contributed by atoms with E-state index in [1.165, 1.54) is 6.07 Å². The molecule has 0 bridgehead atoms. The van der Waals surface area contributed by atoms with Crippen LogP contribution in [0.15, 0.2) is 72.8 Å². The van der Waals surface area contributed by atoms with Gasteiger partial charge in [0.15, 0.2) is 0 Å². The molecule has 110 valence electrons. The van der Waals surface area contributed by atoms with Gasteiger partial charge in [0.25, 0.3) is 0 Å².